The Balaban J connectivity index is 4.14. The Morgan fingerprint density at radius 3 is 1.17 bits per heavy atom. The maximum absolute atomic E-state index is 12.8. The highest BCUT2D eigenvalue weighted by molar-refractivity contribution is 7.47. The monoisotopic (exact) mass is 1010 g/mol. The summed E-state index contributed by atoms with van der Waals surface area (Å²) in [6.07, 6.45) is 73.8. The first-order valence-electron chi connectivity index (χ1n) is 29.3. The number of allylic oxidation sites excluding steroid dienone is 14. The fourth-order valence-electron chi connectivity index (χ4n) is 8.02. The zero-order valence-corrected chi connectivity index (χ0v) is 47.8. The van der Waals surface area contributed by atoms with E-state index in [1.54, 1.807) is 0 Å². The van der Waals surface area contributed by atoms with Crippen LogP contribution in [0.3, 0.4) is 0 Å². The summed E-state index contributed by atoms with van der Waals surface area (Å²) in [4.78, 5) is 23.1. The standard InChI is InChI=1S/C62H112NO7P/c1-6-8-10-12-14-16-18-20-22-24-26-28-30-31-32-34-36-38-40-42-44-46-48-50-52-54-57-67-59-61(60-69-71(65,66)68-58-56-63(3,4)5)70-62(64)55-53-51-49-47-45-43-41-39-37-35-33-29-27-25-23-21-19-17-15-13-11-9-7-2/h9,11,15,17,21,23,27,29,35,37,41,43,47,49,61H,6-8,10,12-14,16,18-20,22,24-26,28,30-34,36,38-40,42,44-46,48,50-60H2,1-5H3/p+1/b11-9-,17-15-,23-21-,29-27-,37-35-,43-41-,49-47-. The Morgan fingerprint density at radius 2 is 0.803 bits per heavy atom. The second kappa shape index (κ2) is 54.0. The van der Waals surface area contributed by atoms with Crippen LogP contribution in [0.1, 0.15) is 245 Å². The van der Waals surface area contributed by atoms with Crippen molar-refractivity contribution in [3.8, 4) is 0 Å². The molecule has 71 heavy (non-hydrogen) atoms. The fraction of sp³-hybridized carbons (Fsp3) is 0.758. The summed E-state index contributed by atoms with van der Waals surface area (Å²) in [5, 5.41) is 0. The average Bonchev–Trinajstić information content (AvgIpc) is 3.33. The van der Waals surface area contributed by atoms with Gasteiger partial charge in [-0.3, -0.25) is 13.8 Å². The maximum atomic E-state index is 12.8. The molecule has 0 aliphatic heterocycles. The van der Waals surface area contributed by atoms with Crippen LogP contribution in [0.25, 0.3) is 0 Å². The molecule has 0 heterocycles. The van der Waals surface area contributed by atoms with Crippen molar-refractivity contribution >= 4 is 13.8 Å². The van der Waals surface area contributed by atoms with Crippen LogP contribution >= 0.6 is 7.82 Å². The Labute approximate surface area is 439 Å². The molecule has 9 heteroatoms. The molecule has 412 valence electrons. The average molecular weight is 1020 g/mol. The van der Waals surface area contributed by atoms with Crippen molar-refractivity contribution in [2.24, 2.45) is 0 Å². The molecular weight excluding hydrogens is 902 g/mol. The summed E-state index contributed by atoms with van der Waals surface area (Å²) in [5.41, 5.74) is 0. The van der Waals surface area contributed by atoms with E-state index in [2.05, 4.69) is 98.9 Å². The van der Waals surface area contributed by atoms with Gasteiger partial charge in [-0.05, 0) is 64.2 Å². The molecule has 0 aromatic carbocycles. The SMILES string of the molecule is CC/C=C\C/C=C\C/C=C\C/C=C\C/C=C\C/C=C\C/C=C\CCCC(=O)OC(COCCCCCCCCCCCCCCCCCCCCCCCCCCCC)COP(=O)(O)OCC[N+](C)(C)C. The summed E-state index contributed by atoms with van der Waals surface area (Å²) in [5.74, 6) is -0.369. The van der Waals surface area contributed by atoms with Gasteiger partial charge in [0.2, 0.25) is 0 Å². The highest BCUT2D eigenvalue weighted by Gasteiger charge is 2.26. The maximum Gasteiger partial charge on any atom is 0.472 e. The van der Waals surface area contributed by atoms with Gasteiger partial charge in [-0.15, -0.1) is 0 Å². The molecule has 0 saturated heterocycles. The highest BCUT2D eigenvalue weighted by atomic mass is 31.2. The number of unbranched alkanes of at least 4 members (excludes halogenated alkanes) is 26. The van der Waals surface area contributed by atoms with Gasteiger partial charge in [0.25, 0.3) is 0 Å². The molecule has 8 nitrogen and oxygen atoms in total. The number of nitrogens with zero attached hydrogens (tertiary/aromatic N) is 1. The van der Waals surface area contributed by atoms with Gasteiger partial charge < -0.3 is 18.9 Å². The molecule has 0 aromatic rings. The van der Waals surface area contributed by atoms with Crippen molar-refractivity contribution in [1.82, 2.24) is 0 Å². The molecule has 2 atom stereocenters. The number of rotatable bonds is 54. The molecule has 0 rings (SSSR count). The number of esters is 1. The van der Waals surface area contributed by atoms with Gasteiger partial charge in [0.1, 0.15) is 19.3 Å². The van der Waals surface area contributed by atoms with Crippen LogP contribution < -0.4 is 0 Å². The molecule has 0 radical (unpaired) electrons. The van der Waals surface area contributed by atoms with E-state index in [9.17, 15) is 14.3 Å². The molecule has 1 N–H and O–H groups in total. The number of hydrogen-bond acceptors (Lipinski definition) is 6. The van der Waals surface area contributed by atoms with Crippen molar-refractivity contribution in [2.45, 2.75) is 251 Å². The van der Waals surface area contributed by atoms with Crippen molar-refractivity contribution < 1.29 is 37.3 Å². The number of carbonyl (C=O) groups excluding carboxylic acids is 1. The largest absolute Gasteiger partial charge is 0.472 e. The van der Waals surface area contributed by atoms with Crippen LogP contribution in [-0.4, -0.2) is 75.6 Å². The number of likely N-dealkylation sites (N-methyl/N-ethyl adjacent to an activating group) is 1. The number of phosphoric acid groups is 1. The van der Waals surface area contributed by atoms with Crippen LogP contribution in [0.5, 0.6) is 0 Å². The van der Waals surface area contributed by atoms with E-state index < -0.39 is 13.9 Å². The van der Waals surface area contributed by atoms with Crippen LogP contribution in [0, 0.1) is 0 Å². The molecule has 0 fully saturated rings. The van der Waals surface area contributed by atoms with E-state index in [1.807, 2.05) is 21.1 Å². The van der Waals surface area contributed by atoms with Crippen LogP contribution in [0.2, 0.25) is 0 Å². The summed E-state index contributed by atoms with van der Waals surface area (Å²) in [6, 6.07) is 0. The Hall–Kier alpha value is -2.32. The lowest BCUT2D eigenvalue weighted by Crippen LogP contribution is -2.37. The van der Waals surface area contributed by atoms with Crippen molar-refractivity contribution in [2.75, 3.05) is 54.1 Å². The minimum absolute atomic E-state index is 0.0749. The first-order chi connectivity index (χ1) is 34.6. The van der Waals surface area contributed by atoms with E-state index in [0.717, 1.165) is 64.2 Å². The predicted molar refractivity (Wildman–Crippen MR) is 307 cm³/mol. The second-order valence-electron chi connectivity index (χ2n) is 20.7. The van der Waals surface area contributed by atoms with Crippen molar-refractivity contribution in [1.29, 1.82) is 0 Å². The third kappa shape index (κ3) is 58.4. The molecule has 0 aromatic heterocycles. The third-order valence-electron chi connectivity index (χ3n) is 12.5. The predicted octanol–water partition coefficient (Wildman–Crippen LogP) is 18.7. The fourth-order valence-corrected chi connectivity index (χ4v) is 8.76. The molecule has 0 spiro atoms. The lowest BCUT2D eigenvalue weighted by Gasteiger charge is -2.24. The van der Waals surface area contributed by atoms with Gasteiger partial charge in [-0.1, -0.05) is 259 Å². The normalized spacial score (nSPS) is 14.1. The van der Waals surface area contributed by atoms with Crippen LogP contribution in [-0.2, 0) is 27.9 Å². The molecule has 2 unspecified atom stereocenters. The number of carbonyl (C=O) groups is 1. The molecule has 0 aliphatic rings. The molecule has 0 aliphatic carbocycles. The number of phosphoric ester groups is 1. The first kappa shape index (κ1) is 68.7. The second-order valence-corrected chi connectivity index (χ2v) is 22.1. The van der Waals surface area contributed by atoms with E-state index in [0.29, 0.717) is 24.1 Å². The van der Waals surface area contributed by atoms with Crippen LogP contribution in [0.15, 0.2) is 85.1 Å². The number of ether oxygens (including phenoxy) is 2. The van der Waals surface area contributed by atoms with Crippen molar-refractivity contribution in [3.05, 3.63) is 85.1 Å². The Kier molecular flexibility index (Phi) is 52.2. The minimum atomic E-state index is -4.31. The first-order valence-corrected chi connectivity index (χ1v) is 30.8. The molecule has 0 amide bonds. The summed E-state index contributed by atoms with van der Waals surface area (Å²) < 4.78 is 35.2. The highest BCUT2D eigenvalue weighted by Crippen LogP contribution is 2.43. The smallest absolute Gasteiger partial charge is 0.457 e. The molecule has 0 bridgehead atoms. The summed E-state index contributed by atoms with van der Waals surface area (Å²) in [7, 11) is 1.63. The molecule has 0 saturated carbocycles. The summed E-state index contributed by atoms with van der Waals surface area (Å²) >= 11 is 0. The van der Waals surface area contributed by atoms with Gasteiger partial charge in [-0.2, -0.15) is 0 Å². The van der Waals surface area contributed by atoms with Gasteiger partial charge in [0.05, 0.1) is 34.4 Å². The lowest BCUT2D eigenvalue weighted by atomic mass is 10.0. The topological polar surface area (TPSA) is 91.3 Å². The minimum Gasteiger partial charge on any atom is -0.457 e. The van der Waals surface area contributed by atoms with Gasteiger partial charge >= 0.3 is 13.8 Å². The third-order valence-corrected chi connectivity index (χ3v) is 13.5. The Morgan fingerprint density at radius 1 is 0.451 bits per heavy atom. The van der Waals surface area contributed by atoms with E-state index in [1.165, 1.54) is 154 Å². The Bertz CT molecular complexity index is 1410. The van der Waals surface area contributed by atoms with Gasteiger partial charge in [-0.25, -0.2) is 4.57 Å². The number of quaternary nitrogens is 1. The van der Waals surface area contributed by atoms with Crippen LogP contribution in [0.4, 0.5) is 0 Å². The summed E-state index contributed by atoms with van der Waals surface area (Å²) in [6.45, 7) is 5.46. The van der Waals surface area contributed by atoms with E-state index in [4.69, 9.17) is 18.5 Å². The van der Waals surface area contributed by atoms with E-state index in [-0.39, 0.29) is 32.2 Å². The zero-order chi connectivity index (χ0) is 51.9. The van der Waals surface area contributed by atoms with Gasteiger partial charge in [0.15, 0.2) is 0 Å². The molecular formula is C62H113NO7P+. The number of hydrogen-bond donors (Lipinski definition) is 1. The van der Waals surface area contributed by atoms with Gasteiger partial charge in [0, 0.05) is 13.0 Å². The quantitative estimate of drug-likeness (QED) is 0.0213. The van der Waals surface area contributed by atoms with Crippen molar-refractivity contribution in [3.63, 3.8) is 0 Å². The lowest BCUT2D eigenvalue weighted by molar-refractivity contribution is -0.870. The van der Waals surface area contributed by atoms with E-state index >= 15 is 0 Å². The zero-order valence-electron chi connectivity index (χ0n) is 46.9.